The average molecular weight is 325 g/mol. The third kappa shape index (κ3) is 4.19. The van der Waals surface area contributed by atoms with E-state index in [-0.39, 0.29) is 12.5 Å². The van der Waals surface area contributed by atoms with Crippen LogP contribution < -0.4 is 4.90 Å². The molecule has 1 unspecified atom stereocenters. The van der Waals surface area contributed by atoms with Crippen LogP contribution in [0.1, 0.15) is 30.6 Å². The second-order valence-electron chi connectivity index (χ2n) is 4.86. The van der Waals surface area contributed by atoms with Crippen LogP contribution in [0.3, 0.4) is 0 Å². The van der Waals surface area contributed by atoms with Crippen molar-refractivity contribution in [3.63, 3.8) is 0 Å². The Kier molecular flexibility index (Phi) is 5.20. The van der Waals surface area contributed by atoms with E-state index in [1.165, 1.54) is 11.3 Å². The van der Waals surface area contributed by atoms with Crippen molar-refractivity contribution >= 4 is 34.0 Å². The van der Waals surface area contributed by atoms with Gasteiger partial charge < -0.3 is 10.0 Å². The topological polar surface area (TPSA) is 53.4 Å². The summed E-state index contributed by atoms with van der Waals surface area (Å²) in [5.41, 5.74) is 1.94. The molecule has 0 saturated heterocycles. The Morgan fingerprint density at radius 2 is 2.29 bits per heavy atom. The average Bonchev–Trinajstić information content (AvgIpc) is 2.92. The number of carboxylic acid groups (broad SMARTS) is 1. The molecule has 1 heterocycles. The molecule has 0 aliphatic carbocycles. The number of hydrogen-bond acceptors (Lipinski definition) is 4. The molecule has 21 heavy (non-hydrogen) atoms. The van der Waals surface area contributed by atoms with Crippen LogP contribution in [0.25, 0.3) is 0 Å². The zero-order chi connectivity index (χ0) is 15.4. The number of benzene rings is 1. The molecule has 2 rings (SSSR count). The van der Waals surface area contributed by atoms with Crippen molar-refractivity contribution in [1.82, 2.24) is 4.98 Å². The van der Waals surface area contributed by atoms with Gasteiger partial charge in [0.2, 0.25) is 0 Å². The summed E-state index contributed by atoms with van der Waals surface area (Å²) in [6, 6.07) is 7.91. The summed E-state index contributed by atoms with van der Waals surface area (Å²) in [6.07, 6.45) is 0.571. The lowest BCUT2D eigenvalue weighted by Crippen LogP contribution is -2.21. The monoisotopic (exact) mass is 324 g/mol. The largest absolute Gasteiger partial charge is 0.481 e. The fourth-order valence-corrected chi connectivity index (χ4v) is 3.07. The number of aliphatic carboxylic acids is 1. The van der Waals surface area contributed by atoms with Gasteiger partial charge in [-0.15, -0.1) is 11.3 Å². The van der Waals surface area contributed by atoms with Gasteiger partial charge in [0.05, 0.1) is 18.2 Å². The van der Waals surface area contributed by atoms with Gasteiger partial charge in [0.1, 0.15) is 0 Å². The molecule has 112 valence electrons. The Bertz CT molecular complexity index is 630. The molecule has 0 saturated carbocycles. The van der Waals surface area contributed by atoms with Crippen LogP contribution >= 0.6 is 22.9 Å². The molecule has 1 N–H and O–H groups in total. The molecule has 0 fully saturated rings. The first-order chi connectivity index (χ1) is 9.97. The first kappa shape index (κ1) is 15.8. The van der Waals surface area contributed by atoms with E-state index in [1.54, 1.807) is 0 Å². The number of carboxylic acids is 1. The summed E-state index contributed by atoms with van der Waals surface area (Å²) in [6.45, 7) is 2.09. The van der Waals surface area contributed by atoms with Crippen molar-refractivity contribution < 1.29 is 9.90 Å². The van der Waals surface area contributed by atoms with Gasteiger partial charge in [-0.05, 0) is 24.6 Å². The Labute approximate surface area is 133 Å². The van der Waals surface area contributed by atoms with Gasteiger partial charge in [0, 0.05) is 23.9 Å². The Balaban J connectivity index is 2.08. The van der Waals surface area contributed by atoms with Gasteiger partial charge in [-0.1, -0.05) is 23.7 Å². The van der Waals surface area contributed by atoms with E-state index in [0.717, 1.165) is 16.4 Å². The molecule has 1 aromatic heterocycles. The number of rotatable bonds is 6. The molecular formula is C15H17ClN2O2S. The summed E-state index contributed by atoms with van der Waals surface area (Å²) in [7, 11) is 1.98. The van der Waals surface area contributed by atoms with Crippen molar-refractivity contribution in [2.75, 3.05) is 11.9 Å². The lowest BCUT2D eigenvalue weighted by Gasteiger charge is -2.24. The summed E-state index contributed by atoms with van der Waals surface area (Å²) in [5.74, 6) is -0.801. The highest BCUT2D eigenvalue weighted by atomic mass is 35.5. The molecule has 2 aromatic rings. The maximum absolute atomic E-state index is 10.6. The maximum Gasteiger partial charge on any atom is 0.303 e. The summed E-state index contributed by atoms with van der Waals surface area (Å²) in [4.78, 5) is 17.2. The summed E-state index contributed by atoms with van der Waals surface area (Å²) < 4.78 is 0. The Morgan fingerprint density at radius 3 is 2.95 bits per heavy atom. The Morgan fingerprint density at radius 1 is 1.52 bits per heavy atom. The third-order valence-electron chi connectivity index (χ3n) is 3.35. The quantitative estimate of drug-likeness (QED) is 0.872. The minimum absolute atomic E-state index is 0.108. The fraction of sp³-hybridized carbons (Fsp3) is 0.333. The highest BCUT2D eigenvalue weighted by molar-refractivity contribution is 7.13. The number of nitrogens with zero attached hydrogens (tertiary/aromatic N) is 2. The molecule has 0 bridgehead atoms. The van der Waals surface area contributed by atoms with Crippen molar-refractivity contribution in [2.45, 2.75) is 25.8 Å². The standard InChI is InChI=1S/C15H17ClN2O2S/c1-10(11-4-3-5-12(16)8-11)18(2)15-17-13(9-21-15)6-7-14(19)20/h3-5,8-10H,6-7H2,1-2H3,(H,19,20). The minimum Gasteiger partial charge on any atom is -0.481 e. The van der Waals surface area contributed by atoms with Gasteiger partial charge in [-0.25, -0.2) is 4.98 Å². The van der Waals surface area contributed by atoms with E-state index in [1.807, 2.05) is 36.7 Å². The van der Waals surface area contributed by atoms with Crippen LogP contribution in [0.2, 0.25) is 5.02 Å². The summed E-state index contributed by atoms with van der Waals surface area (Å²) in [5, 5.41) is 12.2. The second kappa shape index (κ2) is 6.91. The fourth-order valence-electron chi connectivity index (χ4n) is 1.96. The maximum atomic E-state index is 10.6. The van der Waals surface area contributed by atoms with E-state index in [4.69, 9.17) is 16.7 Å². The molecule has 0 spiro atoms. The van der Waals surface area contributed by atoms with E-state index >= 15 is 0 Å². The minimum atomic E-state index is -0.801. The van der Waals surface area contributed by atoms with Crippen LogP contribution in [-0.2, 0) is 11.2 Å². The number of hydrogen-bond donors (Lipinski definition) is 1. The van der Waals surface area contributed by atoms with E-state index in [9.17, 15) is 4.79 Å². The lowest BCUT2D eigenvalue weighted by molar-refractivity contribution is -0.136. The molecule has 0 aliphatic rings. The number of thiazole rings is 1. The van der Waals surface area contributed by atoms with Crippen LogP contribution in [0, 0.1) is 0 Å². The molecule has 0 aliphatic heterocycles. The molecular weight excluding hydrogens is 308 g/mol. The van der Waals surface area contributed by atoms with Crippen molar-refractivity contribution in [1.29, 1.82) is 0 Å². The zero-order valence-corrected chi connectivity index (χ0v) is 13.5. The van der Waals surface area contributed by atoms with Gasteiger partial charge >= 0.3 is 5.97 Å². The number of halogens is 1. The SMILES string of the molecule is CC(c1cccc(Cl)c1)N(C)c1nc(CCC(=O)O)cs1. The molecule has 1 atom stereocenters. The number of carbonyl (C=O) groups is 1. The summed E-state index contributed by atoms with van der Waals surface area (Å²) >= 11 is 7.55. The smallest absolute Gasteiger partial charge is 0.303 e. The number of aromatic nitrogens is 1. The molecule has 1 aromatic carbocycles. The van der Waals surface area contributed by atoms with Crippen LogP contribution in [0.15, 0.2) is 29.6 Å². The second-order valence-corrected chi connectivity index (χ2v) is 6.13. The number of anilines is 1. The van der Waals surface area contributed by atoms with Gasteiger partial charge in [0.15, 0.2) is 5.13 Å². The highest BCUT2D eigenvalue weighted by Crippen LogP contribution is 2.29. The van der Waals surface area contributed by atoms with E-state index < -0.39 is 5.97 Å². The van der Waals surface area contributed by atoms with Crippen molar-refractivity contribution in [3.05, 3.63) is 45.9 Å². The Hall–Kier alpha value is -1.59. The van der Waals surface area contributed by atoms with E-state index in [0.29, 0.717) is 11.4 Å². The lowest BCUT2D eigenvalue weighted by atomic mass is 10.1. The van der Waals surface area contributed by atoms with Crippen molar-refractivity contribution in [2.24, 2.45) is 0 Å². The van der Waals surface area contributed by atoms with Gasteiger partial charge in [-0.3, -0.25) is 4.79 Å². The van der Waals surface area contributed by atoms with Crippen molar-refractivity contribution in [3.8, 4) is 0 Å². The predicted octanol–water partition coefficient (Wildman–Crippen LogP) is 4.01. The first-order valence-electron chi connectivity index (χ1n) is 6.62. The third-order valence-corrected chi connectivity index (χ3v) is 4.56. The van der Waals surface area contributed by atoms with Gasteiger partial charge in [0.25, 0.3) is 0 Å². The van der Waals surface area contributed by atoms with E-state index in [2.05, 4.69) is 16.8 Å². The normalized spacial score (nSPS) is 12.1. The molecule has 6 heteroatoms. The first-order valence-corrected chi connectivity index (χ1v) is 7.87. The van der Waals surface area contributed by atoms with Crippen LogP contribution in [0.4, 0.5) is 5.13 Å². The number of aryl methyl sites for hydroxylation is 1. The highest BCUT2D eigenvalue weighted by Gasteiger charge is 2.16. The van der Waals surface area contributed by atoms with Crippen LogP contribution in [-0.4, -0.2) is 23.1 Å². The molecule has 0 amide bonds. The zero-order valence-electron chi connectivity index (χ0n) is 11.9. The molecule has 4 nitrogen and oxygen atoms in total. The van der Waals surface area contributed by atoms with Gasteiger partial charge in [-0.2, -0.15) is 0 Å². The van der Waals surface area contributed by atoms with Crippen LogP contribution in [0.5, 0.6) is 0 Å². The molecule has 0 radical (unpaired) electrons. The predicted molar refractivity (Wildman–Crippen MR) is 86.3 cm³/mol.